The van der Waals surface area contributed by atoms with Crippen LogP contribution in [-0.4, -0.2) is 34.8 Å². The molecule has 182 valence electrons. The number of amides is 1. The SMILES string of the molecule is CCS(=O)(=O)c1ccc(-c2ccc(C(F)(F)F)cc2)nc1C(=O)N=c1sc(C(F)(F)F)nn1C. The lowest BCUT2D eigenvalue weighted by atomic mass is 10.1. The normalized spacial score (nSPS) is 13.4. The van der Waals surface area contributed by atoms with E-state index >= 15 is 0 Å². The van der Waals surface area contributed by atoms with Gasteiger partial charge in [0.05, 0.1) is 21.9 Å². The lowest BCUT2D eigenvalue weighted by molar-refractivity contribution is -0.138. The van der Waals surface area contributed by atoms with Gasteiger partial charge in [-0.15, -0.1) is 0 Å². The van der Waals surface area contributed by atoms with Crippen molar-refractivity contribution in [3.8, 4) is 11.3 Å². The molecule has 0 saturated heterocycles. The highest BCUT2D eigenvalue weighted by Crippen LogP contribution is 2.31. The van der Waals surface area contributed by atoms with Crippen LogP contribution in [0, 0.1) is 0 Å². The maximum atomic E-state index is 12.9. The average Bonchev–Trinajstić information content (AvgIpc) is 3.13. The molecule has 0 aliphatic rings. The monoisotopic (exact) mass is 524 g/mol. The van der Waals surface area contributed by atoms with Crippen LogP contribution in [0.2, 0.25) is 0 Å². The molecule has 7 nitrogen and oxygen atoms in total. The van der Waals surface area contributed by atoms with Crippen LogP contribution >= 0.6 is 11.3 Å². The summed E-state index contributed by atoms with van der Waals surface area (Å²) in [6.45, 7) is 1.31. The van der Waals surface area contributed by atoms with Gasteiger partial charge >= 0.3 is 12.4 Å². The second kappa shape index (κ2) is 8.94. The Morgan fingerprint density at radius 3 is 2.15 bits per heavy atom. The third kappa shape index (κ3) is 5.35. The Hall–Kier alpha value is -3.07. The van der Waals surface area contributed by atoms with Gasteiger partial charge in [0, 0.05) is 12.6 Å². The number of hydrogen-bond donors (Lipinski definition) is 0. The van der Waals surface area contributed by atoms with Crippen molar-refractivity contribution in [2.45, 2.75) is 24.2 Å². The zero-order valence-corrected chi connectivity index (χ0v) is 18.9. The molecule has 2 heterocycles. The summed E-state index contributed by atoms with van der Waals surface area (Å²) >= 11 is 0.0686. The Balaban J connectivity index is 2.15. The molecule has 0 spiro atoms. The van der Waals surface area contributed by atoms with Crippen LogP contribution in [0.3, 0.4) is 0 Å². The molecule has 0 unspecified atom stereocenters. The number of benzene rings is 1. The van der Waals surface area contributed by atoms with Gasteiger partial charge in [-0.3, -0.25) is 4.79 Å². The number of pyridine rings is 1. The van der Waals surface area contributed by atoms with Crippen molar-refractivity contribution >= 4 is 27.1 Å². The van der Waals surface area contributed by atoms with E-state index < -0.39 is 59.8 Å². The van der Waals surface area contributed by atoms with Gasteiger partial charge in [-0.05, 0) is 24.3 Å². The summed E-state index contributed by atoms with van der Waals surface area (Å²) in [6.07, 6.45) is -9.36. The van der Waals surface area contributed by atoms with Gasteiger partial charge < -0.3 is 0 Å². The van der Waals surface area contributed by atoms with Gasteiger partial charge in [0.25, 0.3) is 5.91 Å². The molecule has 0 atom stereocenters. The van der Waals surface area contributed by atoms with E-state index in [2.05, 4.69) is 15.1 Å². The first kappa shape index (κ1) is 25.6. The molecule has 0 saturated carbocycles. The Kier molecular flexibility index (Phi) is 6.72. The van der Waals surface area contributed by atoms with Gasteiger partial charge in [-0.2, -0.15) is 36.4 Å². The number of nitrogens with zero attached hydrogens (tertiary/aromatic N) is 4. The number of halogens is 6. The number of hydrogen-bond acceptors (Lipinski definition) is 6. The minimum atomic E-state index is -4.78. The molecule has 15 heteroatoms. The van der Waals surface area contributed by atoms with Gasteiger partial charge in [-0.25, -0.2) is 18.1 Å². The van der Waals surface area contributed by atoms with E-state index in [4.69, 9.17) is 0 Å². The van der Waals surface area contributed by atoms with Crippen LogP contribution in [0.1, 0.15) is 28.0 Å². The fourth-order valence-corrected chi connectivity index (χ4v) is 4.47. The number of aromatic nitrogens is 3. The average molecular weight is 524 g/mol. The highest BCUT2D eigenvalue weighted by atomic mass is 32.2. The maximum absolute atomic E-state index is 12.9. The fraction of sp³-hybridized carbons (Fsp3) is 0.263. The quantitative estimate of drug-likeness (QED) is 0.479. The van der Waals surface area contributed by atoms with E-state index in [1.54, 1.807) is 0 Å². The Morgan fingerprint density at radius 2 is 1.65 bits per heavy atom. The van der Waals surface area contributed by atoms with Crippen LogP contribution in [0.4, 0.5) is 26.3 Å². The van der Waals surface area contributed by atoms with Gasteiger partial charge in [-0.1, -0.05) is 30.4 Å². The second-order valence-corrected chi connectivity index (χ2v) is 9.95. The van der Waals surface area contributed by atoms with Gasteiger partial charge in [0.2, 0.25) is 9.81 Å². The third-order valence-corrected chi connectivity index (χ3v) is 7.23. The Bertz CT molecular complexity index is 1410. The molecule has 2 aromatic heterocycles. The summed E-state index contributed by atoms with van der Waals surface area (Å²) in [5, 5.41) is 1.97. The first-order chi connectivity index (χ1) is 15.6. The number of rotatable bonds is 4. The summed E-state index contributed by atoms with van der Waals surface area (Å²) in [6, 6.07) is 6.00. The van der Waals surface area contributed by atoms with Crippen LogP contribution in [0.25, 0.3) is 11.3 Å². The molecule has 0 aliphatic heterocycles. The molecular formula is C19H14F6N4O3S2. The van der Waals surface area contributed by atoms with Crippen molar-refractivity contribution < 1.29 is 39.6 Å². The molecule has 0 aliphatic carbocycles. The molecular weight excluding hydrogens is 510 g/mol. The summed E-state index contributed by atoms with van der Waals surface area (Å²) in [5.74, 6) is -1.67. The molecule has 0 fully saturated rings. The zero-order valence-electron chi connectivity index (χ0n) is 17.3. The molecule has 0 N–H and O–H groups in total. The molecule has 3 rings (SSSR count). The maximum Gasteiger partial charge on any atom is 0.445 e. The number of carbonyl (C=O) groups excluding carboxylic acids is 1. The fourth-order valence-electron chi connectivity index (χ4n) is 2.70. The van der Waals surface area contributed by atoms with E-state index in [0.717, 1.165) is 37.4 Å². The van der Waals surface area contributed by atoms with Crippen LogP contribution in [-0.2, 0) is 29.2 Å². The van der Waals surface area contributed by atoms with Crippen LogP contribution in [0.5, 0.6) is 0 Å². The number of sulfone groups is 1. The number of carbonyl (C=O) groups is 1. The molecule has 34 heavy (non-hydrogen) atoms. The standard InChI is InChI=1S/C19H14F6N4O3S2/c1-3-34(31,32)13-9-8-12(10-4-6-11(7-5-10)18(20,21)22)26-14(13)15(30)27-17-29(2)28-16(33-17)19(23,24)25/h4-9H,3H2,1-2H3. The van der Waals surface area contributed by atoms with E-state index in [0.29, 0.717) is 4.68 Å². The van der Waals surface area contributed by atoms with Crippen LogP contribution in [0.15, 0.2) is 46.3 Å². The minimum absolute atomic E-state index is 0.0352. The molecule has 1 amide bonds. The predicted molar refractivity (Wildman–Crippen MR) is 108 cm³/mol. The smallest absolute Gasteiger partial charge is 0.265 e. The predicted octanol–water partition coefficient (Wildman–Crippen LogP) is 4.12. The Labute approximate surface area is 192 Å². The summed E-state index contributed by atoms with van der Waals surface area (Å²) in [4.78, 5) is 19.4. The van der Waals surface area contributed by atoms with Crippen molar-refractivity contribution in [3.63, 3.8) is 0 Å². The third-order valence-electron chi connectivity index (χ3n) is 4.43. The topological polar surface area (TPSA) is 94.3 Å². The van der Waals surface area contributed by atoms with E-state index in [1.165, 1.54) is 13.0 Å². The lowest BCUT2D eigenvalue weighted by Crippen LogP contribution is -2.18. The minimum Gasteiger partial charge on any atom is -0.265 e. The Morgan fingerprint density at radius 1 is 1.03 bits per heavy atom. The summed E-state index contributed by atoms with van der Waals surface area (Å²) in [7, 11) is -2.89. The lowest BCUT2D eigenvalue weighted by Gasteiger charge is -2.10. The number of aryl methyl sites for hydroxylation is 1. The van der Waals surface area contributed by atoms with Crippen molar-refractivity contribution in [3.05, 3.63) is 57.5 Å². The highest BCUT2D eigenvalue weighted by molar-refractivity contribution is 7.91. The van der Waals surface area contributed by atoms with Crippen molar-refractivity contribution in [1.82, 2.24) is 14.8 Å². The van der Waals surface area contributed by atoms with E-state index in [-0.39, 0.29) is 22.6 Å². The summed E-state index contributed by atoms with van der Waals surface area (Å²) in [5.41, 5.74) is -1.50. The van der Waals surface area contributed by atoms with Gasteiger partial charge in [0.1, 0.15) is 5.69 Å². The van der Waals surface area contributed by atoms with Crippen molar-refractivity contribution in [1.29, 1.82) is 0 Å². The number of alkyl halides is 6. The zero-order chi connectivity index (χ0) is 25.5. The first-order valence-corrected chi connectivity index (χ1v) is 11.7. The van der Waals surface area contributed by atoms with Crippen molar-refractivity contribution in [2.24, 2.45) is 12.0 Å². The molecule has 0 radical (unpaired) electrons. The molecule has 1 aromatic carbocycles. The molecule has 3 aromatic rings. The van der Waals surface area contributed by atoms with Crippen molar-refractivity contribution in [2.75, 3.05) is 5.75 Å². The first-order valence-electron chi connectivity index (χ1n) is 9.25. The van der Waals surface area contributed by atoms with E-state index in [9.17, 15) is 39.6 Å². The second-order valence-electron chi connectivity index (χ2n) is 6.75. The van der Waals surface area contributed by atoms with Crippen LogP contribution < -0.4 is 4.80 Å². The van der Waals surface area contributed by atoms with E-state index in [1.807, 2.05) is 0 Å². The summed E-state index contributed by atoms with van der Waals surface area (Å²) < 4.78 is 103. The highest BCUT2D eigenvalue weighted by Gasteiger charge is 2.35. The van der Waals surface area contributed by atoms with Gasteiger partial charge in [0.15, 0.2) is 9.84 Å². The molecule has 0 bridgehead atoms. The largest absolute Gasteiger partial charge is 0.445 e.